The number of allylic oxidation sites excluding steroid dienone is 1. The quantitative estimate of drug-likeness (QED) is 0.196. The Morgan fingerprint density at radius 1 is 0.967 bits per heavy atom. The van der Waals surface area contributed by atoms with Crippen molar-refractivity contribution in [2.75, 3.05) is 13.9 Å². The highest BCUT2D eigenvalue weighted by Gasteiger charge is 2.43. The van der Waals surface area contributed by atoms with E-state index in [1.54, 1.807) is 7.11 Å². The van der Waals surface area contributed by atoms with Crippen molar-refractivity contribution in [1.82, 2.24) is 0 Å². The number of terminal acetylenes is 1. The van der Waals surface area contributed by atoms with Crippen molar-refractivity contribution >= 4 is 16.6 Å². The minimum atomic E-state index is -2.04. The second-order valence-electron chi connectivity index (χ2n) is 11.4. The number of hydrogen-bond donors (Lipinski definition) is 0. The first kappa shape index (κ1) is 29.6. The molecule has 0 N–H and O–H groups in total. The predicted octanol–water partition coefficient (Wildman–Crippen LogP) is 6.75. The van der Waals surface area contributed by atoms with Gasteiger partial charge in [0.15, 0.2) is 16.6 Å². The molecule has 176 valence electrons. The Morgan fingerprint density at radius 2 is 1.43 bits per heavy atom. The summed E-state index contributed by atoms with van der Waals surface area (Å²) in [6.07, 6.45) is 7.94. The van der Waals surface area contributed by atoms with E-state index in [0.29, 0.717) is 0 Å². The monoisotopic (exact) mass is 456 g/mol. The topological polar surface area (TPSA) is 36.9 Å². The van der Waals surface area contributed by atoms with Gasteiger partial charge in [0.25, 0.3) is 0 Å². The second kappa shape index (κ2) is 11.4. The van der Waals surface area contributed by atoms with Gasteiger partial charge in [-0.15, -0.1) is 6.42 Å². The largest absolute Gasteiger partial charge is 0.414 e. The van der Waals surface area contributed by atoms with Crippen LogP contribution in [-0.4, -0.2) is 48.8 Å². The third-order valence-electron chi connectivity index (χ3n) is 6.51. The normalized spacial score (nSPS) is 17.4. The van der Waals surface area contributed by atoms with Crippen LogP contribution < -0.4 is 0 Å². The van der Waals surface area contributed by atoms with E-state index < -0.39 is 16.6 Å². The van der Waals surface area contributed by atoms with E-state index in [0.717, 1.165) is 12.0 Å². The Balaban J connectivity index is 5.89. The maximum atomic E-state index is 6.86. The minimum Gasteiger partial charge on any atom is -0.414 e. The molecule has 0 heterocycles. The van der Waals surface area contributed by atoms with Crippen molar-refractivity contribution in [2.24, 2.45) is 0 Å². The van der Waals surface area contributed by atoms with Gasteiger partial charge < -0.3 is 18.3 Å². The first-order valence-electron chi connectivity index (χ1n) is 11.0. The van der Waals surface area contributed by atoms with Crippen LogP contribution in [0.3, 0.4) is 0 Å². The van der Waals surface area contributed by atoms with Gasteiger partial charge in [-0.3, -0.25) is 0 Å². The minimum absolute atomic E-state index is 0.0499. The van der Waals surface area contributed by atoms with Gasteiger partial charge in [0.2, 0.25) is 0 Å². The van der Waals surface area contributed by atoms with Crippen molar-refractivity contribution in [3.8, 4) is 12.3 Å². The number of rotatable bonds is 11. The molecule has 0 rings (SSSR count). The summed E-state index contributed by atoms with van der Waals surface area (Å²) in [5, 5.41) is 0.244. The summed E-state index contributed by atoms with van der Waals surface area (Å²) >= 11 is 0. The predicted molar refractivity (Wildman–Crippen MR) is 134 cm³/mol. The lowest BCUT2D eigenvalue weighted by molar-refractivity contribution is -0.0959. The van der Waals surface area contributed by atoms with E-state index in [-0.39, 0.29) is 35.2 Å². The Labute approximate surface area is 189 Å². The van der Waals surface area contributed by atoms with Crippen molar-refractivity contribution in [3.63, 3.8) is 0 Å². The molecular weight excluding hydrogens is 408 g/mol. The molecule has 3 atom stereocenters. The van der Waals surface area contributed by atoms with Crippen LogP contribution >= 0.6 is 0 Å². The summed E-state index contributed by atoms with van der Waals surface area (Å²) in [4.78, 5) is 0. The lowest BCUT2D eigenvalue weighted by atomic mass is 10.1. The Kier molecular flexibility index (Phi) is 11.3. The number of ether oxygens (including phenoxy) is 2. The maximum absolute atomic E-state index is 6.86. The van der Waals surface area contributed by atoms with Crippen LogP contribution in [0.25, 0.3) is 0 Å². The van der Waals surface area contributed by atoms with Crippen molar-refractivity contribution < 1.29 is 18.3 Å². The highest BCUT2D eigenvalue weighted by Crippen LogP contribution is 2.40. The van der Waals surface area contributed by atoms with Crippen molar-refractivity contribution in [1.29, 1.82) is 0 Å². The smallest absolute Gasteiger partial charge is 0.192 e. The first-order chi connectivity index (χ1) is 13.4. The molecule has 0 fully saturated rings. The fourth-order valence-electron chi connectivity index (χ4n) is 2.56. The fraction of sp³-hybridized carbons (Fsp3) is 0.833. The molecule has 0 aliphatic carbocycles. The van der Waals surface area contributed by atoms with Gasteiger partial charge in [-0.2, -0.15) is 0 Å². The molecule has 0 spiro atoms. The van der Waals surface area contributed by atoms with Gasteiger partial charge in [-0.05, 0) is 68.2 Å². The van der Waals surface area contributed by atoms with Gasteiger partial charge in [-0.25, -0.2) is 0 Å². The molecule has 0 bridgehead atoms. The number of methoxy groups -OCH3 is 1. The summed E-state index contributed by atoms with van der Waals surface area (Å²) in [5.41, 5.74) is 0.831. The molecule has 0 saturated carbocycles. The molecule has 0 aromatic heterocycles. The van der Waals surface area contributed by atoms with Gasteiger partial charge in [0, 0.05) is 13.2 Å². The van der Waals surface area contributed by atoms with Crippen LogP contribution in [0.2, 0.25) is 36.3 Å². The van der Waals surface area contributed by atoms with Crippen LogP contribution in [0.5, 0.6) is 0 Å². The Morgan fingerprint density at radius 3 is 1.83 bits per heavy atom. The molecule has 0 radical (unpaired) electrons. The molecule has 0 aromatic carbocycles. The Hall–Kier alpha value is -0.426. The number of hydrogen-bond acceptors (Lipinski definition) is 4. The van der Waals surface area contributed by atoms with Gasteiger partial charge >= 0.3 is 0 Å². The molecule has 0 amide bonds. The molecule has 0 aromatic rings. The molecule has 0 saturated heterocycles. The molecule has 0 unspecified atom stereocenters. The standard InChI is InChI=1S/C24H48O4Si2/c1-15-19(2)16-21(26-18-25-10)22(28-30(13,14)24(7,8)9)17-20(3)27-29(11,12)23(4,5)6/h1,16,20-22H,17-18H2,2-14H3/b19-16+/t20-,21-,22-/m0/s1. The van der Waals surface area contributed by atoms with E-state index in [1.807, 2.05) is 13.0 Å². The van der Waals surface area contributed by atoms with Crippen LogP contribution in [0.4, 0.5) is 0 Å². The maximum Gasteiger partial charge on any atom is 0.192 e. The molecule has 30 heavy (non-hydrogen) atoms. The zero-order chi connectivity index (χ0) is 24.0. The summed E-state index contributed by atoms with van der Waals surface area (Å²) in [5.74, 6) is 2.70. The van der Waals surface area contributed by atoms with Gasteiger partial charge in [0.05, 0.1) is 6.10 Å². The highest BCUT2D eigenvalue weighted by molar-refractivity contribution is 6.74. The highest BCUT2D eigenvalue weighted by atomic mass is 28.4. The average Bonchev–Trinajstić information content (AvgIpc) is 2.54. The lowest BCUT2D eigenvalue weighted by Crippen LogP contribution is -2.49. The first-order valence-corrected chi connectivity index (χ1v) is 16.8. The van der Waals surface area contributed by atoms with Crippen LogP contribution in [0.15, 0.2) is 11.6 Å². The second-order valence-corrected chi connectivity index (χ2v) is 20.9. The van der Waals surface area contributed by atoms with Gasteiger partial charge in [0.1, 0.15) is 12.9 Å². The zero-order valence-corrected chi connectivity index (χ0v) is 23.9. The van der Waals surface area contributed by atoms with E-state index in [4.69, 9.17) is 24.7 Å². The van der Waals surface area contributed by atoms with E-state index in [2.05, 4.69) is 80.6 Å². The average molecular weight is 457 g/mol. The SMILES string of the molecule is C#C/C(C)=C/[C@H](OCOC)[C@H](C[C@H](C)O[Si](C)(C)C(C)(C)C)O[Si](C)(C)C(C)(C)C. The Bertz CT molecular complexity index is 592. The van der Waals surface area contributed by atoms with E-state index in [1.165, 1.54) is 0 Å². The van der Waals surface area contributed by atoms with Crippen LogP contribution in [-0.2, 0) is 18.3 Å². The van der Waals surface area contributed by atoms with E-state index in [9.17, 15) is 0 Å². The van der Waals surface area contributed by atoms with E-state index >= 15 is 0 Å². The molecule has 0 aliphatic rings. The van der Waals surface area contributed by atoms with Gasteiger partial charge in [-0.1, -0.05) is 47.5 Å². The molecule has 0 aliphatic heterocycles. The summed E-state index contributed by atoms with van der Waals surface area (Å²) in [7, 11) is -2.30. The third-order valence-corrected chi connectivity index (χ3v) is 15.6. The molecular formula is C24H48O4Si2. The lowest BCUT2D eigenvalue weighted by Gasteiger charge is -2.43. The molecule has 4 nitrogen and oxygen atoms in total. The molecule has 6 heteroatoms. The fourth-order valence-corrected chi connectivity index (χ4v) is 5.36. The third kappa shape index (κ3) is 9.38. The summed E-state index contributed by atoms with van der Waals surface area (Å²) in [6.45, 7) is 26.9. The van der Waals surface area contributed by atoms with Crippen LogP contribution in [0, 0.1) is 12.3 Å². The van der Waals surface area contributed by atoms with Crippen LogP contribution in [0.1, 0.15) is 61.8 Å². The van der Waals surface area contributed by atoms with Crippen molar-refractivity contribution in [3.05, 3.63) is 11.6 Å². The summed E-state index contributed by atoms with van der Waals surface area (Å²) < 4.78 is 24.7. The summed E-state index contributed by atoms with van der Waals surface area (Å²) in [6, 6.07) is 0. The zero-order valence-electron chi connectivity index (χ0n) is 21.9. The van der Waals surface area contributed by atoms with Crippen molar-refractivity contribution in [2.45, 2.75) is 116 Å².